The van der Waals surface area contributed by atoms with E-state index in [0.717, 1.165) is 37.2 Å². The van der Waals surface area contributed by atoms with Gasteiger partial charge in [0.15, 0.2) is 0 Å². The molecule has 104 valence electrons. The van der Waals surface area contributed by atoms with E-state index in [1.54, 1.807) is 7.05 Å². The minimum Gasteiger partial charge on any atom is -0.490 e. The molecule has 1 amide bonds. The lowest BCUT2D eigenvalue weighted by atomic mass is 10.1. The third-order valence-corrected chi connectivity index (χ3v) is 3.51. The molecule has 0 atom stereocenters. The van der Waals surface area contributed by atoms with E-state index in [4.69, 9.17) is 4.74 Å². The van der Waals surface area contributed by atoms with Crippen LogP contribution in [0.1, 0.15) is 18.4 Å². The molecule has 0 saturated carbocycles. The van der Waals surface area contributed by atoms with Gasteiger partial charge in [-0.2, -0.15) is 0 Å². The van der Waals surface area contributed by atoms with E-state index >= 15 is 0 Å². The summed E-state index contributed by atoms with van der Waals surface area (Å²) in [4.78, 5) is 13.7. The fourth-order valence-corrected chi connectivity index (χ4v) is 2.35. The Morgan fingerprint density at radius 3 is 2.68 bits per heavy atom. The summed E-state index contributed by atoms with van der Waals surface area (Å²) in [5, 5.41) is 2.90. The van der Waals surface area contributed by atoms with Crippen molar-refractivity contribution in [1.29, 1.82) is 0 Å². The van der Waals surface area contributed by atoms with E-state index in [1.165, 1.54) is 0 Å². The number of hydrogen-bond acceptors (Lipinski definition) is 3. The molecular weight excluding hydrogens is 240 g/mol. The van der Waals surface area contributed by atoms with Crippen molar-refractivity contribution in [1.82, 2.24) is 10.2 Å². The van der Waals surface area contributed by atoms with Gasteiger partial charge in [0.2, 0.25) is 5.91 Å². The maximum Gasteiger partial charge on any atom is 0.236 e. The number of likely N-dealkylation sites (tertiary alicyclic amines) is 1. The van der Waals surface area contributed by atoms with Crippen LogP contribution in [0, 0.1) is 6.92 Å². The third-order valence-electron chi connectivity index (χ3n) is 3.51. The lowest BCUT2D eigenvalue weighted by Gasteiger charge is -2.32. The number of carbonyl (C=O) groups excluding carboxylic acids is 1. The van der Waals surface area contributed by atoms with Gasteiger partial charge in [-0.1, -0.05) is 18.2 Å². The molecule has 0 radical (unpaired) electrons. The van der Waals surface area contributed by atoms with Crippen molar-refractivity contribution in [3.8, 4) is 5.75 Å². The Balaban J connectivity index is 1.84. The summed E-state index contributed by atoms with van der Waals surface area (Å²) in [6, 6.07) is 8.07. The first kappa shape index (κ1) is 13.9. The zero-order valence-electron chi connectivity index (χ0n) is 11.7. The molecule has 1 aromatic carbocycles. The van der Waals surface area contributed by atoms with Crippen LogP contribution in [0.4, 0.5) is 0 Å². The second kappa shape index (κ2) is 6.57. The van der Waals surface area contributed by atoms with E-state index in [9.17, 15) is 4.79 Å². The van der Waals surface area contributed by atoms with Gasteiger partial charge in [-0.05, 0) is 25.6 Å². The molecule has 1 aromatic rings. The smallest absolute Gasteiger partial charge is 0.236 e. The third kappa shape index (κ3) is 3.70. The molecule has 2 rings (SSSR count). The van der Waals surface area contributed by atoms with Crippen molar-refractivity contribution in [3.63, 3.8) is 0 Å². The number of piperidine rings is 1. The first-order valence-corrected chi connectivity index (χ1v) is 6.85. The average Bonchev–Trinajstić information content (AvgIpc) is 2.42. The molecule has 1 aliphatic heterocycles. The number of hydrogen-bond donors (Lipinski definition) is 1. The number of para-hydroxylation sites is 1. The number of benzene rings is 1. The van der Waals surface area contributed by atoms with Crippen LogP contribution in [0.3, 0.4) is 0 Å². The summed E-state index contributed by atoms with van der Waals surface area (Å²) >= 11 is 0. The van der Waals surface area contributed by atoms with Crippen molar-refractivity contribution in [2.75, 3.05) is 26.7 Å². The number of carbonyl (C=O) groups is 1. The molecule has 19 heavy (non-hydrogen) atoms. The molecule has 0 aliphatic carbocycles. The van der Waals surface area contributed by atoms with Gasteiger partial charge in [-0.25, -0.2) is 0 Å². The summed E-state index contributed by atoms with van der Waals surface area (Å²) in [6.07, 6.45) is 2.04. The number of likely N-dealkylation sites (N-methyl/N-ethyl adjacent to an activating group) is 1. The highest BCUT2D eigenvalue weighted by Crippen LogP contribution is 2.22. The summed E-state index contributed by atoms with van der Waals surface area (Å²) in [7, 11) is 1.80. The van der Waals surface area contributed by atoms with Crippen molar-refractivity contribution >= 4 is 5.91 Å². The normalized spacial score (nSPS) is 16.4. The number of nitrogens with one attached hydrogen (secondary N) is 1. The van der Waals surface area contributed by atoms with Gasteiger partial charge in [-0.15, -0.1) is 0 Å². The molecule has 0 spiro atoms. The van der Waals surface area contributed by atoms with E-state index < -0.39 is 0 Å². The summed E-state index contributed by atoms with van der Waals surface area (Å²) in [6.45, 7) is 4.05. The van der Waals surface area contributed by atoms with Crippen LogP contribution in [-0.4, -0.2) is 43.6 Å². The lowest BCUT2D eigenvalue weighted by Crippen LogP contribution is -2.44. The molecule has 1 aliphatic rings. The Morgan fingerprint density at radius 2 is 2.05 bits per heavy atom. The Morgan fingerprint density at radius 1 is 1.37 bits per heavy atom. The molecule has 1 heterocycles. The molecule has 1 fully saturated rings. The lowest BCUT2D eigenvalue weighted by molar-refractivity contribution is -0.131. The summed E-state index contributed by atoms with van der Waals surface area (Å²) in [5.41, 5.74) is 1.16. The van der Waals surface area contributed by atoms with Gasteiger partial charge >= 0.3 is 0 Å². The van der Waals surface area contributed by atoms with Crippen LogP contribution in [0.25, 0.3) is 0 Å². The Kier molecular flexibility index (Phi) is 4.80. The van der Waals surface area contributed by atoms with Crippen LogP contribution >= 0.6 is 0 Å². The van der Waals surface area contributed by atoms with Crippen molar-refractivity contribution in [3.05, 3.63) is 29.8 Å². The molecule has 0 unspecified atom stereocenters. The molecule has 1 saturated heterocycles. The molecule has 0 bridgehead atoms. The van der Waals surface area contributed by atoms with Gasteiger partial charge in [0.1, 0.15) is 11.9 Å². The average molecular weight is 262 g/mol. The fraction of sp³-hybridized carbons (Fsp3) is 0.533. The van der Waals surface area contributed by atoms with Crippen LogP contribution in [-0.2, 0) is 4.79 Å². The predicted molar refractivity (Wildman–Crippen MR) is 75.3 cm³/mol. The van der Waals surface area contributed by atoms with E-state index in [2.05, 4.69) is 18.3 Å². The van der Waals surface area contributed by atoms with Gasteiger partial charge < -0.3 is 15.0 Å². The van der Waals surface area contributed by atoms with Crippen LogP contribution in [0.2, 0.25) is 0 Å². The number of ether oxygens (including phenoxy) is 1. The molecule has 1 N–H and O–H groups in total. The highest BCUT2D eigenvalue weighted by atomic mass is 16.5. The van der Waals surface area contributed by atoms with Gasteiger partial charge in [0, 0.05) is 25.9 Å². The molecule has 4 heteroatoms. The SMILES string of the molecule is CNCC(=O)N1CCC(Oc2ccccc2C)CC1. The maximum atomic E-state index is 11.7. The first-order chi connectivity index (χ1) is 9.20. The Hall–Kier alpha value is -1.55. The zero-order valence-corrected chi connectivity index (χ0v) is 11.7. The van der Waals surface area contributed by atoms with Crippen molar-refractivity contribution < 1.29 is 9.53 Å². The molecule has 4 nitrogen and oxygen atoms in total. The van der Waals surface area contributed by atoms with Crippen LogP contribution < -0.4 is 10.1 Å². The highest BCUT2D eigenvalue weighted by molar-refractivity contribution is 5.78. The Labute approximate surface area is 114 Å². The minimum atomic E-state index is 0.178. The predicted octanol–water partition coefficient (Wildman–Crippen LogP) is 1.58. The van der Waals surface area contributed by atoms with Crippen molar-refractivity contribution in [2.24, 2.45) is 0 Å². The second-order valence-electron chi connectivity index (χ2n) is 4.99. The van der Waals surface area contributed by atoms with E-state index in [-0.39, 0.29) is 12.0 Å². The zero-order chi connectivity index (χ0) is 13.7. The highest BCUT2D eigenvalue weighted by Gasteiger charge is 2.23. The van der Waals surface area contributed by atoms with Crippen molar-refractivity contribution in [2.45, 2.75) is 25.9 Å². The van der Waals surface area contributed by atoms with Gasteiger partial charge in [0.25, 0.3) is 0 Å². The quantitative estimate of drug-likeness (QED) is 0.896. The first-order valence-electron chi connectivity index (χ1n) is 6.85. The number of aryl methyl sites for hydroxylation is 1. The monoisotopic (exact) mass is 262 g/mol. The minimum absolute atomic E-state index is 0.178. The molecular formula is C15H22N2O2. The van der Waals surface area contributed by atoms with E-state index in [0.29, 0.717) is 6.54 Å². The summed E-state index contributed by atoms with van der Waals surface area (Å²) < 4.78 is 6.02. The van der Waals surface area contributed by atoms with Crippen LogP contribution in [0.5, 0.6) is 5.75 Å². The number of nitrogens with zero attached hydrogens (tertiary/aromatic N) is 1. The maximum absolute atomic E-state index is 11.7. The number of amides is 1. The summed E-state index contributed by atoms with van der Waals surface area (Å²) in [5.74, 6) is 1.14. The Bertz CT molecular complexity index is 426. The van der Waals surface area contributed by atoms with E-state index in [1.807, 2.05) is 23.1 Å². The standard InChI is InChI=1S/C15H22N2O2/c1-12-5-3-4-6-14(12)19-13-7-9-17(10-8-13)15(18)11-16-2/h3-6,13,16H,7-11H2,1-2H3. The van der Waals surface area contributed by atoms with Gasteiger partial charge in [0.05, 0.1) is 6.54 Å². The largest absolute Gasteiger partial charge is 0.490 e. The fourth-order valence-electron chi connectivity index (χ4n) is 2.35. The molecule has 0 aromatic heterocycles. The number of rotatable bonds is 4. The second-order valence-corrected chi connectivity index (χ2v) is 4.99. The van der Waals surface area contributed by atoms with Crippen LogP contribution in [0.15, 0.2) is 24.3 Å². The topological polar surface area (TPSA) is 41.6 Å². The van der Waals surface area contributed by atoms with Gasteiger partial charge in [-0.3, -0.25) is 4.79 Å².